The van der Waals surface area contributed by atoms with Crippen LogP contribution in [0.3, 0.4) is 0 Å². The average molecular weight is 717 g/mol. The van der Waals surface area contributed by atoms with Crippen LogP contribution in [0, 0.1) is 0 Å². The molecule has 0 saturated heterocycles. The van der Waals surface area contributed by atoms with E-state index in [0.29, 0.717) is 12.8 Å². The van der Waals surface area contributed by atoms with E-state index in [1.54, 1.807) is 0 Å². The second-order valence-corrected chi connectivity index (χ2v) is 14.6. The molecule has 8 nitrogen and oxygen atoms in total. The summed E-state index contributed by atoms with van der Waals surface area (Å²) >= 11 is 0. The highest BCUT2D eigenvalue weighted by Crippen LogP contribution is 2.16. The van der Waals surface area contributed by atoms with Gasteiger partial charge in [0.1, 0.15) is 12.7 Å². The smallest absolute Gasteiger partial charge is 0.305 e. The predicted octanol–water partition coefficient (Wildman–Crippen LogP) is 10.6. The van der Waals surface area contributed by atoms with Crippen LogP contribution in [0.5, 0.6) is 0 Å². The molecule has 2 unspecified atom stereocenters. The monoisotopic (exact) mass is 717 g/mol. The Kier molecular flexibility index (Phi) is 44.7. The van der Waals surface area contributed by atoms with Gasteiger partial charge in [-0.1, -0.05) is 193 Å². The third kappa shape index (κ3) is 46.8. The van der Waals surface area contributed by atoms with Gasteiger partial charge in [-0.15, -0.1) is 0 Å². The first-order valence-corrected chi connectivity index (χ1v) is 21.3. The van der Waals surface area contributed by atoms with E-state index in [4.69, 9.17) is 25.2 Å². The van der Waals surface area contributed by atoms with Crippen molar-refractivity contribution in [2.45, 2.75) is 237 Å². The summed E-state index contributed by atoms with van der Waals surface area (Å²) in [6.07, 6.45) is 39.4. The number of unbranched alkanes of at least 4 members (excludes halogenated alkanes) is 29. The minimum absolute atomic E-state index is 0.103. The van der Waals surface area contributed by atoms with E-state index < -0.39 is 18.2 Å². The summed E-state index contributed by atoms with van der Waals surface area (Å²) in [6.45, 7) is 1.69. The molecule has 0 spiro atoms. The zero-order chi connectivity index (χ0) is 37.2. The van der Waals surface area contributed by atoms with Crippen LogP contribution < -0.4 is 0 Å². The number of aliphatic hydroxyl groups excluding tert-OH is 4. The first kappa shape index (κ1) is 50.9. The van der Waals surface area contributed by atoms with Crippen molar-refractivity contribution in [3.05, 3.63) is 0 Å². The van der Waals surface area contributed by atoms with Crippen LogP contribution in [0.4, 0.5) is 0 Å². The number of hydrogen-bond donors (Lipinski definition) is 5. The fraction of sp³-hybridized carbons (Fsp3) is 0.952. The Labute approximate surface area is 308 Å². The summed E-state index contributed by atoms with van der Waals surface area (Å²) < 4.78 is 4.86. The van der Waals surface area contributed by atoms with Crippen molar-refractivity contribution < 1.29 is 39.9 Å². The summed E-state index contributed by atoms with van der Waals surface area (Å²) in [5, 5.41) is 44.2. The number of carboxylic acid groups (broad SMARTS) is 1. The zero-order valence-corrected chi connectivity index (χ0v) is 32.8. The molecule has 8 heteroatoms. The second-order valence-electron chi connectivity index (χ2n) is 14.6. The molecule has 0 bridgehead atoms. The number of aliphatic carboxylic acids is 1. The number of hydrogen-bond acceptors (Lipinski definition) is 7. The number of carboxylic acids is 1. The van der Waals surface area contributed by atoms with Crippen LogP contribution in [0.15, 0.2) is 0 Å². The Morgan fingerprint density at radius 3 is 1.06 bits per heavy atom. The molecule has 0 aromatic heterocycles. The van der Waals surface area contributed by atoms with Gasteiger partial charge in [0.15, 0.2) is 0 Å². The van der Waals surface area contributed by atoms with Crippen molar-refractivity contribution in [2.75, 3.05) is 19.8 Å². The van der Waals surface area contributed by atoms with E-state index in [-0.39, 0.29) is 25.8 Å². The van der Waals surface area contributed by atoms with Gasteiger partial charge >= 0.3 is 11.9 Å². The summed E-state index contributed by atoms with van der Waals surface area (Å²) in [6, 6.07) is 0. The first-order valence-electron chi connectivity index (χ1n) is 21.3. The molecule has 0 rings (SSSR count). The normalized spacial score (nSPS) is 12.3. The molecule has 0 radical (unpaired) electrons. The van der Waals surface area contributed by atoms with Gasteiger partial charge in [0.25, 0.3) is 0 Å². The van der Waals surface area contributed by atoms with Gasteiger partial charge in [-0.05, 0) is 19.3 Å². The molecule has 0 aromatic rings. The van der Waals surface area contributed by atoms with E-state index in [1.807, 2.05) is 0 Å². The minimum Gasteiger partial charge on any atom is -0.481 e. The van der Waals surface area contributed by atoms with E-state index in [0.717, 1.165) is 38.5 Å². The highest BCUT2D eigenvalue weighted by Gasteiger charge is 2.07. The summed E-state index contributed by atoms with van der Waals surface area (Å²) in [5.74, 6) is -0.944. The zero-order valence-electron chi connectivity index (χ0n) is 32.8. The van der Waals surface area contributed by atoms with Gasteiger partial charge in [-0.3, -0.25) is 9.59 Å². The number of carbonyl (C=O) groups excluding carboxylic acids is 1. The molecule has 5 N–H and O–H groups in total. The van der Waals surface area contributed by atoms with Crippen molar-refractivity contribution in [3.63, 3.8) is 0 Å². The summed E-state index contributed by atoms with van der Waals surface area (Å²) in [5.41, 5.74) is 0. The number of rotatable bonds is 39. The second kappa shape index (κ2) is 43.9. The highest BCUT2D eigenvalue weighted by atomic mass is 16.5. The fourth-order valence-electron chi connectivity index (χ4n) is 6.18. The molecule has 0 aromatic carbocycles. The lowest BCUT2D eigenvalue weighted by atomic mass is 10.0. The largest absolute Gasteiger partial charge is 0.481 e. The molecule has 0 amide bonds. The van der Waals surface area contributed by atoms with Crippen LogP contribution in [0.1, 0.15) is 225 Å². The number of carbonyl (C=O) groups is 2. The molecule has 0 aliphatic carbocycles. The maximum Gasteiger partial charge on any atom is 0.305 e. The maximum atomic E-state index is 11.4. The molecule has 300 valence electrons. The predicted molar refractivity (Wildman–Crippen MR) is 207 cm³/mol. The Morgan fingerprint density at radius 1 is 0.440 bits per heavy atom. The van der Waals surface area contributed by atoms with Crippen LogP contribution in [0.25, 0.3) is 0 Å². The van der Waals surface area contributed by atoms with Crippen molar-refractivity contribution in [2.24, 2.45) is 0 Å². The van der Waals surface area contributed by atoms with Crippen LogP contribution in [0.2, 0.25) is 0 Å². The Balaban J connectivity index is 0. The quantitative estimate of drug-likeness (QED) is 0.0312. The molecule has 0 heterocycles. The summed E-state index contributed by atoms with van der Waals surface area (Å²) in [7, 11) is 0. The Bertz CT molecular complexity index is 674. The molecule has 0 aliphatic rings. The average Bonchev–Trinajstić information content (AvgIpc) is 3.11. The van der Waals surface area contributed by atoms with Crippen LogP contribution >= 0.6 is 0 Å². The lowest BCUT2D eigenvalue weighted by Crippen LogP contribution is -2.21. The minimum atomic E-state index is -0.954. The summed E-state index contributed by atoms with van der Waals surface area (Å²) in [4.78, 5) is 21.8. The Morgan fingerprint density at radius 2 is 0.740 bits per heavy atom. The fourth-order valence-corrected chi connectivity index (χ4v) is 6.18. The molecule has 0 aliphatic heterocycles. The van der Waals surface area contributed by atoms with E-state index in [1.165, 1.54) is 167 Å². The van der Waals surface area contributed by atoms with Gasteiger partial charge in [-0.25, -0.2) is 0 Å². The molecular weight excluding hydrogens is 632 g/mol. The molecule has 0 fully saturated rings. The number of aliphatic hydroxyl groups is 4. The van der Waals surface area contributed by atoms with Crippen molar-refractivity contribution in [1.29, 1.82) is 0 Å². The molecule has 0 saturated carbocycles. The van der Waals surface area contributed by atoms with Crippen LogP contribution in [-0.4, -0.2) is 69.5 Å². The number of esters is 1. The van der Waals surface area contributed by atoms with Gasteiger partial charge in [0, 0.05) is 12.8 Å². The van der Waals surface area contributed by atoms with E-state index in [9.17, 15) is 14.7 Å². The van der Waals surface area contributed by atoms with Gasteiger partial charge in [0.2, 0.25) is 0 Å². The first-order chi connectivity index (χ1) is 24.4. The standard InChI is InChI=1S/2C21H42O4/c1-2-3-4-5-6-7-8-9-10-11-12-13-14-15-16-17-21(24)25-19-20(23)18-22;22-19-20(23)17-15-13-11-9-7-5-3-1-2-4-6-8-10-12-14-16-18-21(24)25/h20,22-23H,2-19H2,1H3;20,22-23H,1-19H2,(H,24,25). The van der Waals surface area contributed by atoms with Crippen molar-refractivity contribution in [1.82, 2.24) is 0 Å². The third-order valence-electron chi connectivity index (χ3n) is 9.52. The topological polar surface area (TPSA) is 145 Å². The molecule has 50 heavy (non-hydrogen) atoms. The van der Waals surface area contributed by atoms with Gasteiger partial charge in [0.05, 0.1) is 19.3 Å². The molecular formula is C42H84O8. The Hall–Kier alpha value is -1.22. The van der Waals surface area contributed by atoms with Gasteiger partial charge in [-0.2, -0.15) is 0 Å². The van der Waals surface area contributed by atoms with Crippen molar-refractivity contribution >= 4 is 11.9 Å². The van der Waals surface area contributed by atoms with Gasteiger partial charge < -0.3 is 30.3 Å². The molecule has 2 atom stereocenters. The highest BCUT2D eigenvalue weighted by molar-refractivity contribution is 5.69. The number of ether oxygens (including phenoxy) is 1. The maximum absolute atomic E-state index is 11.4. The van der Waals surface area contributed by atoms with Crippen LogP contribution in [-0.2, 0) is 14.3 Å². The van der Waals surface area contributed by atoms with Crippen molar-refractivity contribution in [3.8, 4) is 0 Å². The van der Waals surface area contributed by atoms with E-state index in [2.05, 4.69) is 6.92 Å². The SMILES string of the molecule is CCCCCCCCCCCCCCCCCC(=O)OCC(O)CO.O=C(O)CCCCCCCCCCCCCCCCCCC(O)CO. The lowest BCUT2D eigenvalue weighted by molar-refractivity contribution is -0.147. The third-order valence-corrected chi connectivity index (χ3v) is 9.52. The lowest BCUT2D eigenvalue weighted by Gasteiger charge is -2.08. The van der Waals surface area contributed by atoms with E-state index >= 15 is 0 Å².